The van der Waals surface area contributed by atoms with Crippen molar-refractivity contribution in [3.63, 3.8) is 0 Å². The van der Waals surface area contributed by atoms with Gasteiger partial charge in [0.15, 0.2) is 0 Å². The Labute approximate surface area is 219 Å². The quantitative estimate of drug-likeness (QED) is 0.398. The minimum Gasteiger partial charge on any atom is -0.368 e. The van der Waals surface area contributed by atoms with Gasteiger partial charge in [0.25, 0.3) is 5.91 Å². The molecule has 0 radical (unpaired) electrons. The van der Waals surface area contributed by atoms with Gasteiger partial charge in [0, 0.05) is 57.6 Å². The van der Waals surface area contributed by atoms with Crippen molar-refractivity contribution in [1.29, 1.82) is 0 Å². The van der Waals surface area contributed by atoms with E-state index in [1.807, 2.05) is 30.3 Å². The van der Waals surface area contributed by atoms with E-state index >= 15 is 0 Å². The van der Waals surface area contributed by atoms with Gasteiger partial charge in [-0.1, -0.05) is 12.1 Å². The van der Waals surface area contributed by atoms with Crippen LogP contribution >= 0.6 is 11.3 Å². The summed E-state index contributed by atoms with van der Waals surface area (Å²) in [4.78, 5) is 45.8. The van der Waals surface area contributed by atoms with Crippen molar-refractivity contribution in [3.05, 3.63) is 53.0 Å². The summed E-state index contributed by atoms with van der Waals surface area (Å²) in [5, 5.41) is 4.54. The smallest absolute Gasteiger partial charge is 0.252 e. The molecule has 1 unspecified atom stereocenters. The molecule has 1 aliphatic rings. The molecule has 11 heteroatoms. The highest BCUT2D eigenvalue weighted by Gasteiger charge is 2.26. The molecule has 1 saturated heterocycles. The van der Waals surface area contributed by atoms with Crippen LogP contribution in [-0.2, 0) is 11.2 Å². The molecule has 192 valence electrons. The SMILES string of the molecule is CN1CCN(c2nc(N)nc3cc(C(=O)NC(Cc4nc5ccccc5s4)C(=O)N(C)C)ccc23)CC1. The summed E-state index contributed by atoms with van der Waals surface area (Å²) in [6.07, 6.45) is 0.304. The zero-order chi connectivity index (χ0) is 26.1. The number of nitrogen functional groups attached to an aromatic ring is 1. The van der Waals surface area contributed by atoms with Crippen LogP contribution in [0.4, 0.5) is 11.8 Å². The highest BCUT2D eigenvalue weighted by Crippen LogP contribution is 2.27. The second kappa shape index (κ2) is 10.3. The van der Waals surface area contributed by atoms with Crippen LogP contribution in [0.2, 0.25) is 0 Å². The van der Waals surface area contributed by atoms with Crippen LogP contribution in [0.1, 0.15) is 15.4 Å². The van der Waals surface area contributed by atoms with Crippen molar-refractivity contribution in [3.8, 4) is 0 Å². The summed E-state index contributed by atoms with van der Waals surface area (Å²) in [6, 6.07) is 12.4. The Hall–Kier alpha value is -3.83. The van der Waals surface area contributed by atoms with Gasteiger partial charge in [-0.15, -0.1) is 11.3 Å². The van der Waals surface area contributed by atoms with Crippen LogP contribution in [-0.4, -0.2) is 89.9 Å². The zero-order valence-corrected chi connectivity index (χ0v) is 22.0. The first kappa shape index (κ1) is 24.8. The third-order valence-electron chi connectivity index (χ3n) is 6.52. The number of rotatable bonds is 6. The first-order valence-electron chi connectivity index (χ1n) is 12.2. The van der Waals surface area contributed by atoms with E-state index in [0.717, 1.165) is 52.6 Å². The molecular weight excluding hydrogens is 488 g/mol. The molecule has 2 aromatic heterocycles. The number of aromatic nitrogens is 3. The van der Waals surface area contributed by atoms with Crippen LogP contribution < -0.4 is 16.0 Å². The summed E-state index contributed by atoms with van der Waals surface area (Å²) in [6.45, 7) is 3.54. The summed E-state index contributed by atoms with van der Waals surface area (Å²) in [7, 11) is 5.45. The maximum atomic E-state index is 13.3. The molecule has 0 saturated carbocycles. The van der Waals surface area contributed by atoms with Gasteiger partial charge < -0.3 is 25.8 Å². The van der Waals surface area contributed by atoms with Gasteiger partial charge in [-0.2, -0.15) is 4.98 Å². The van der Waals surface area contributed by atoms with Crippen molar-refractivity contribution in [1.82, 2.24) is 30.1 Å². The fourth-order valence-electron chi connectivity index (χ4n) is 4.47. The zero-order valence-electron chi connectivity index (χ0n) is 21.1. The Bertz CT molecular complexity index is 1430. The maximum Gasteiger partial charge on any atom is 0.252 e. The second-order valence-corrected chi connectivity index (χ2v) is 10.6. The van der Waals surface area contributed by atoms with Gasteiger partial charge in [0.05, 0.1) is 20.7 Å². The van der Waals surface area contributed by atoms with Crippen LogP contribution in [0.25, 0.3) is 21.1 Å². The molecule has 0 bridgehead atoms. The third kappa shape index (κ3) is 5.32. The Balaban J connectivity index is 1.40. The molecule has 0 aliphatic carbocycles. The molecule has 4 aromatic rings. The van der Waals surface area contributed by atoms with Crippen LogP contribution in [0, 0.1) is 0 Å². The fourth-order valence-corrected chi connectivity index (χ4v) is 5.48. The highest BCUT2D eigenvalue weighted by atomic mass is 32.1. The van der Waals surface area contributed by atoms with Gasteiger partial charge in [0.2, 0.25) is 11.9 Å². The van der Waals surface area contributed by atoms with Crippen molar-refractivity contribution in [2.75, 3.05) is 58.0 Å². The molecule has 1 aliphatic heterocycles. The number of anilines is 2. The molecule has 5 rings (SSSR count). The van der Waals surface area contributed by atoms with E-state index in [9.17, 15) is 9.59 Å². The second-order valence-electron chi connectivity index (χ2n) is 9.47. The average Bonchev–Trinajstić information content (AvgIpc) is 3.29. The lowest BCUT2D eigenvalue weighted by molar-refractivity contribution is -0.130. The molecule has 3 heterocycles. The van der Waals surface area contributed by atoms with E-state index in [2.05, 4.69) is 37.1 Å². The number of carbonyl (C=O) groups excluding carboxylic acids is 2. The number of likely N-dealkylation sites (N-methyl/N-ethyl adjacent to an activating group) is 2. The standard InChI is InChI=1S/C26H30N8O2S/c1-32(2)25(36)20(15-22-28-18-6-4-5-7-21(18)37-22)29-24(35)16-8-9-17-19(14-16)30-26(27)31-23(17)34-12-10-33(3)11-13-34/h4-9,14,20H,10-13,15H2,1-3H3,(H,29,35)(H2,27,30,31). The number of fused-ring (bicyclic) bond motifs is 2. The van der Waals surface area contributed by atoms with Crippen LogP contribution in [0.3, 0.4) is 0 Å². The van der Waals surface area contributed by atoms with Crippen molar-refractivity contribution >= 4 is 56.0 Å². The molecule has 37 heavy (non-hydrogen) atoms. The Morgan fingerprint density at radius 2 is 1.81 bits per heavy atom. The molecule has 1 fully saturated rings. The van der Waals surface area contributed by atoms with E-state index in [1.54, 1.807) is 26.2 Å². The highest BCUT2D eigenvalue weighted by molar-refractivity contribution is 7.18. The predicted octanol–water partition coefficient (Wildman–Crippen LogP) is 2.00. The normalized spacial score (nSPS) is 15.2. The monoisotopic (exact) mass is 518 g/mol. The van der Waals surface area contributed by atoms with Crippen LogP contribution in [0.5, 0.6) is 0 Å². The predicted molar refractivity (Wildman–Crippen MR) is 147 cm³/mol. The van der Waals surface area contributed by atoms with Crippen molar-refractivity contribution in [2.45, 2.75) is 12.5 Å². The molecule has 1 atom stereocenters. The van der Waals surface area contributed by atoms with E-state index in [-0.39, 0.29) is 17.8 Å². The van der Waals surface area contributed by atoms with E-state index in [1.165, 1.54) is 16.2 Å². The Morgan fingerprint density at radius 1 is 1.05 bits per heavy atom. The molecular formula is C26H30N8O2S. The molecule has 2 amide bonds. The number of para-hydroxylation sites is 1. The van der Waals surface area contributed by atoms with Crippen LogP contribution in [0.15, 0.2) is 42.5 Å². The lowest BCUT2D eigenvalue weighted by Crippen LogP contribution is -2.47. The van der Waals surface area contributed by atoms with Gasteiger partial charge >= 0.3 is 0 Å². The largest absolute Gasteiger partial charge is 0.368 e. The third-order valence-corrected chi connectivity index (χ3v) is 7.58. The number of nitrogens with zero attached hydrogens (tertiary/aromatic N) is 6. The lowest BCUT2D eigenvalue weighted by atomic mass is 10.1. The van der Waals surface area contributed by atoms with E-state index in [0.29, 0.717) is 17.5 Å². The molecule has 10 nitrogen and oxygen atoms in total. The Morgan fingerprint density at radius 3 is 2.54 bits per heavy atom. The van der Waals surface area contributed by atoms with Gasteiger partial charge in [-0.3, -0.25) is 9.59 Å². The number of carbonyl (C=O) groups is 2. The number of nitrogens with two attached hydrogens (primary N) is 1. The summed E-state index contributed by atoms with van der Waals surface area (Å²) in [5.41, 5.74) is 7.92. The summed E-state index contributed by atoms with van der Waals surface area (Å²) in [5.74, 6) is 0.383. The van der Waals surface area contributed by atoms with Gasteiger partial charge in [-0.25, -0.2) is 9.97 Å². The number of hydrogen-bond acceptors (Lipinski definition) is 9. The number of benzene rings is 2. The molecule has 0 spiro atoms. The van der Waals surface area contributed by atoms with Gasteiger partial charge in [-0.05, 0) is 37.4 Å². The minimum atomic E-state index is -0.755. The number of piperazine rings is 1. The molecule has 2 aromatic carbocycles. The number of amides is 2. The fraction of sp³-hybridized carbons (Fsp3) is 0.346. The molecule has 3 N–H and O–H groups in total. The first-order valence-corrected chi connectivity index (χ1v) is 13.0. The minimum absolute atomic E-state index is 0.162. The number of hydrogen-bond donors (Lipinski definition) is 2. The number of thiazole rings is 1. The first-order chi connectivity index (χ1) is 17.8. The van der Waals surface area contributed by atoms with Gasteiger partial charge in [0.1, 0.15) is 11.9 Å². The maximum absolute atomic E-state index is 13.3. The lowest BCUT2D eigenvalue weighted by Gasteiger charge is -2.33. The Kier molecular flexibility index (Phi) is 6.90. The van der Waals surface area contributed by atoms with Crippen molar-refractivity contribution in [2.24, 2.45) is 0 Å². The summed E-state index contributed by atoms with van der Waals surface area (Å²) >= 11 is 1.52. The van der Waals surface area contributed by atoms with E-state index in [4.69, 9.17) is 5.73 Å². The van der Waals surface area contributed by atoms with E-state index < -0.39 is 6.04 Å². The topological polar surface area (TPSA) is 121 Å². The average molecular weight is 519 g/mol. The van der Waals surface area contributed by atoms with Crippen molar-refractivity contribution < 1.29 is 9.59 Å². The number of nitrogens with one attached hydrogen (secondary N) is 1. The summed E-state index contributed by atoms with van der Waals surface area (Å²) < 4.78 is 1.04.